The van der Waals surface area contributed by atoms with Gasteiger partial charge < -0.3 is 5.73 Å². The summed E-state index contributed by atoms with van der Waals surface area (Å²) in [4.78, 5) is 4.17. The number of halogens is 2. The predicted molar refractivity (Wildman–Crippen MR) is 66.0 cm³/mol. The molecule has 0 aliphatic rings. The van der Waals surface area contributed by atoms with Gasteiger partial charge in [0.25, 0.3) is 0 Å². The number of benzene rings is 1. The Labute approximate surface area is 104 Å². The maximum atomic E-state index is 13.0. The summed E-state index contributed by atoms with van der Waals surface area (Å²) >= 11 is 0. The number of hydrogen-bond acceptors (Lipinski definition) is 2. The maximum Gasteiger partial charge on any atom is 0.126 e. The van der Waals surface area contributed by atoms with Crippen LogP contribution in [0.2, 0.25) is 0 Å². The summed E-state index contributed by atoms with van der Waals surface area (Å²) in [7, 11) is 0. The van der Waals surface area contributed by atoms with Crippen molar-refractivity contribution in [1.29, 1.82) is 0 Å². The van der Waals surface area contributed by atoms with Crippen molar-refractivity contribution in [3.63, 3.8) is 0 Å². The average Bonchev–Trinajstić information content (AvgIpc) is 2.28. The van der Waals surface area contributed by atoms with E-state index in [1.165, 1.54) is 12.1 Å². The van der Waals surface area contributed by atoms with Crippen LogP contribution in [-0.4, -0.2) is 11.0 Å². The Kier molecular flexibility index (Phi) is 3.99. The molecule has 0 spiro atoms. The number of pyridine rings is 1. The SMILES string of the molecule is NC(Cc1cc(F)cc(F)c1)Cc1ccccn1. The van der Waals surface area contributed by atoms with Gasteiger partial charge in [-0.05, 0) is 36.2 Å². The number of hydrogen-bond donors (Lipinski definition) is 1. The molecule has 94 valence electrons. The van der Waals surface area contributed by atoms with Gasteiger partial charge in [-0.1, -0.05) is 6.07 Å². The second-order valence-corrected chi connectivity index (χ2v) is 4.27. The van der Waals surface area contributed by atoms with E-state index in [4.69, 9.17) is 5.73 Å². The fourth-order valence-electron chi connectivity index (χ4n) is 1.89. The van der Waals surface area contributed by atoms with Crippen molar-refractivity contribution < 1.29 is 8.78 Å². The summed E-state index contributed by atoms with van der Waals surface area (Å²) in [5.74, 6) is -1.15. The number of nitrogens with two attached hydrogens (primary N) is 1. The van der Waals surface area contributed by atoms with Gasteiger partial charge in [-0.3, -0.25) is 4.98 Å². The van der Waals surface area contributed by atoms with Crippen LogP contribution in [0.15, 0.2) is 42.6 Å². The van der Waals surface area contributed by atoms with Crippen LogP contribution in [0.25, 0.3) is 0 Å². The molecule has 0 fully saturated rings. The van der Waals surface area contributed by atoms with Crippen LogP contribution in [0.4, 0.5) is 8.78 Å². The molecule has 2 aromatic rings. The molecule has 1 unspecified atom stereocenters. The summed E-state index contributed by atoms with van der Waals surface area (Å²) in [6.07, 6.45) is 2.70. The minimum absolute atomic E-state index is 0.207. The molecule has 0 radical (unpaired) electrons. The van der Waals surface area contributed by atoms with Gasteiger partial charge in [-0.25, -0.2) is 8.78 Å². The molecule has 0 bridgehead atoms. The van der Waals surface area contributed by atoms with Crippen molar-refractivity contribution in [2.45, 2.75) is 18.9 Å². The molecule has 1 aromatic heterocycles. The molecule has 0 amide bonds. The van der Waals surface area contributed by atoms with Crippen molar-refractivity contribution in [3.8, 4) is 0 Å². The molecule has 1 heterocycles. The highest BCUT2D eigenvalue weighted by molar-refractivity contribution is 5.19. The highest BCUT2D eigenvalue weighted by Crippen LogP contribution is 2.11. The molecule has 0 aliphatic carbocycles. The summed E-state index contributed by atoms with van der Waals surface area (Å²) in [5.41, 5.74) is 7.40. The van der Waals surface area contributed by atoms with Crippen LogP contribution in [-0.2, 0) is 12.8 Å². The van der Waals surface area contributed by atoms with Crippen LogP contribution in [0.5, 0.6) is 0 Å². The molecule has 2 rings (SSSR count). The van der Waals surface area contributed by atoms with Gasteiger partial charge in [0, 0.05) is 30.4 Å². The predicted octanol–water partition coefficient (Wildman–Crippen LogP) is 2.47. The van der Waals surface area contributed by atoms with E-state index in [0.717, 1.165) is 11.8 Å². The molecule has 4 heteroatoms. The monoisotopic (exact) mass is 248 g/mol. The lowest BCUT2D eigenvalue weighted by Gasteiger charge is -2.11. The smallest absolute Gasteiger partial charge is 0.126 e. The minimum atomic E-state index is -0.574. The van der Waals surface area contributed by atoms with Gasteiger partial charge in [0.1, 0.15) is 11.6 Å². The Hall–Kier alpha value is -1.81. The van der Waals surface area contributed by atoms with Crippen LogP contribution >= 0.6 is 0 Å². The van der Waals surface area contributed by atoms with Crippen molar-refractivity contribution in [1.82, 2.24) is 4.98 Å². The third-order valence-electron chi connectivity index (χ3n) is 2.62. The number of nitrogens with zero attached hydrogens (tertiary/aromatic N) is 1. The molecular formula is C14H14F2N2. The van der Waals surface area contributed by atoms with E-state index in [1.807, 2.05) is 18.2 Å². The van der Waals surface area contributed by atoms with Crippen molar-refractivity contribution in [3.05, 3.63) is 65.5 Å². The maximum absolute atomic E-state index is 13.0. The number of aromatic nitrogens is 1. The van der Waals surface area contributed by atoms with E-state index in [9.17, 15) is 8.78 Å². The largest absolute Gasteiger partial charge is 0.327 e. The van der Waals surface area contributed by atoms with Gasteiger partial charge in [-0.2, -0.15) is 0 Å². The van der Waals surface area contributed by atoms with Crippen LogP contribution in [0.1, 0.15) is 11.3 Å². The molecular weight excluding hydrogens is 234 g/mol. The second kappa shape index (κ2) is 5.69. The summed E-state index contributed by atoms with van der Waals surface area (Å²) in [5, 5.41) is 0. The first-order valence-corrected chi connectivity index (χ1v) is 5.74. The molecule has 1 aromatic carbocycles. The lowest BCUT2D eigenvalue weighted by Crippen LogP contribution is -2.26. The zero-order valence-corrected chi connectivity index (χ0v) is 9.81. The van der Waals surface area contributed by atoms with Crippen molar-refractivity contribution >= 4 is 0 Å². The van der Waals surface area contributed by atoms with Crippen LogP contribution < -0.4 is 5.73 Å². The van der Waals surface area contributed by atoms with E-state index in [2.05, 4.69) is 4.98 Å². The first-order valence-electron chi connectivity index (χ1n) is 5.74. The fourth-order valence-corrected chi connectivity index (χ4v) is 1.89. The Morgan fingerprint density at radius 1 is 1.06 bits per heavy atom. The quantitative estimate of drug-likeness (QED) is 0.902. The zero-order valence-electron chi connectivity index (χ0n) is 9.81. The van der Waals surface area contributed by atoms with Crippen molar-refractivity contribution in [2.75, 3.05) is 0 Å². The first-order chi connectivity index (χ1) is 8.63. The Balaban J connectivity index is 2.01. The van der Waals surface area contributed by atoms with E-state index >= 15 is 0 Å². The third-order valence-corrected chi connectivity index (χ3v) is 2.62. The van der Waals surface area contributed by atoms with E-state index < -0.39 is 11.6 Å². The van der Waals surface area contributed by atoms with Gasteiger partial charge >= 0.3 is 0 Å². The molecule has 2 N–H and O–H groups in total. The van der Waals surface area contributed by atoms with E-state index in [1.54, 1.807) is 6.20 Å². The summed E-state index contributed by atoms with van der Waals surface area (Å²) < 4.78 is 26.0. The highest BCUT2D eigenvalue weighted by Gasteiger charge is 2.08. The first kappa shape index (κ1) is 12.6. The van der Waals surface area contributed by atoms with E-state index in [-0.39, 0.29) is 6.04 Å². The average molecular weight is 248 g/mol. The standard InChI is InChI=1S/C14H14F2N2/c15-11-5-10(6-12(16)8-11)7-13(17)9-14-3-1-2-4-18-14/h1-6,8,13H,7,9,17H2. The Morgan fingerprint density at radius 3 is 2.39 bits per heavy atom. The highest BCUT2D eigenvalue weighted by atomic mass is 19.1. The Bertz CT molecular complexity index is 494. The van der Waals surface area contributed by atoms with Gasteiger partial charge in [0.2, 0.25) is 0 Å². The fraction of sp³-hybridized carbons (Fsp3) is 0.214. The lowest BCUT2D eigenvalue weighted by atomic mass is 10.0. The summed E-state index contributed by atoms with van der Waals surface area (Å²) in [6.45, 7) is 0. The van der Waals surface area contributed by atoms with E-state index in [0.29, 0.717) is 18.4 Å². The molecule has 0 saturated heterocycles. The van der Waals surface area contributed by atoms with Crippen LogP contribution in [0, 0.1) is 11.6 Å². The van der Waals surface area contributed by atoms with Gasteiger partial charge in [0.05, 0.1) is 0 Å². The normalized spacial score (nSPS) is 12.4. The van der Waals surface area contributed by atoms with Gasteiger partial charge in [0.15, 0.2) is 0 Å². The van der Waals surface area contributed by atoms with Crippen molar-refractivity contribution in [2.24, 2.45) is 5.73 Å². The molecule has 0 aliphatic heterocycles. The molecule has 18 heavy (non-hydrogen) atoms. The number of rotatable bonds is 4. The molecule has 0 saturated carbocycles. The second-order valence-electron chi connectivity index (χ2n) is 4.27. The Morgan fingerprint density at radius 2 is 1.78 bits per heavy atom. The third kappa shape index (κ3) is 3.60. The molecule has 1 atom stereocenters. The lowest BCUT2D eigenvalue weighted by molar-refractivity contribution is 0.574. The molecule has 2 nitrogen and oxygen atoms in total. The van der Waals surface area contributed by atoms with Crippen LogP contribution in [0.3, 0.4) is 0 Å². The zero-order chi connectivity index (χ0) is 13.0. The minimum Gasteiger partial charge on any atom is -0.327 e. The summed E-state index contributed by atoms with van der Waals surface area (Å²) in [6, 6.07) is 8.86. The topological polar surface area (TPSA) is 38.9 Å². The van der Waals surface area contributed by atoms with Gasteiger partial charge in [-0.15, -0.1) is 0 Å².